The van der Waals surface area contributed by atoms with Crippen molar-refractivity contribution < 1.29 is 18.3 Å². The predicted molar refractivity (Wildman–Crippen MR) is 73.2 cm³/mol. The molecule has 0 atom stereocenters. The third-order valence-corrected chi connectivity index (χ3v) is 3.58. The minimum Gasteiger partial charge on any atom is -0.478 e. The van der Waals surface area contributed by atoms with Gasteiger partial charge in [0.15, 0.2) is 0 Å². The van der Waals surface area contributed by atoms with Crippen LogP contribution in [0.25, 0.3) is 6.08 Å². The van der Waals surface area contributed by atoms with E-state index in [4.69, 9.17) is 5.11 Å². The van der Waals surface area contributed by atoms with Crippen molar-refractivity contribution in [2.75, 3.05) is 10.5 Å². The van der Waals surface area contributed by atoms with Crippen molar-refractivity contribution in [3.8, 4) is 0 Å². The SMILES string of the molecule is CCCCS(=O)(=O)Nc1cc(/C=C/C(=O)O)ccn1. The Morgan fingerprint density at radius 1 is 1.53 bits per heavy atom. The molecule has 0 unspecified atom stereocenters. The van der Waals surface area contributed by atoms with E-state index < -0.39 is 16.0 Å². The number of rotatable bonds is 7. The monoisotopic (exact) mass is 284 g/mol. The Bertz CT molecular complexity index is 567. The summed E-state index contributed by atoms with van der Waals surface area (Å²) in [6.45, 7) is 1.91. The fourth-order valence-electron chi connectivity index (χ4n) is 1.32. The van der Waals surface area contributed by atoms with Gasteiger partial charge in [0, 0.05) is 12.3 Å². The van der Waals surface area contributed by atoms with Crippen LogP contribution < -0.4 is 4.72 Å². The van der Waals surface area contributed by atoms with Crippen LogP contribution in [-0.2, 0) is 14.8 Å². The van der Waals surface area contributed by atoms with E-state index in [1.807, 2.05) is 6.92 Å². The van der Waals surface area contributed by atoms with E-state index >= 15 is 0 Å². The van der Waals surface area contributed by atoms with Crippen LogP contribution in [0.1, 0.15) is 25.3 Å². The molecule has 0 aliphatic carbocycles. The van der Waals surface area contributed by atoms with E-state index in [-0.39, 0.29) is 11.6 Å². The summed E-state index contributed by atoms with van der Waals surface area (Å²) in [5.74, 6) is -0.842. The van der Waals surface area contributed by atoms with E-state index in [0.29, 0.717) is 12.0 Å². The summed E-state index contributed by atoms with van der Waals surface area (Å²) in [6.07, 6.45) is 5.13. The molecular weight excluding hydrogens is 268 g/mol. The highest BCUT2D eigenvalue weighted by Crippen LogP contribution is 2.11. The zero-order valence-corrected chi connectivity index (χ0v) is 11.4. The van der Waals surface area contributed by atoms with Crippen molar-refractivity contribution in [1.82, 2.24) is 4.98 Å². The number of carbonyl (C=O) groups is 1. The van der Waals surface area contributed by atoms with Crippen LogP contribution in [0, 0.1) is 0 Å². The number of anilines is 1. The van der Waals surface area contributed by atoms with Gasteiger partial charge in [-0.25, -0.2) is 18.2 Å². The first-order chi connectivity index (χ1) is 8.93. The molecule has 7 heteroatoms. The first kappa shape index (κ1) is 15.2. The average Bonchev–Trinajstić information content (AvgIpc) is 2.34. The number of carboxylic acids is 1. The van der Waals surface area contributed by atoms with Gasteiger partial charge in [0.25, 0.3) is 0 Å². The molecule has 0 bridgehead atoms. The summed E-state index contributed by atoms with van der Waals surface area (Å²) in [4.78, 5) is 14.3. The van der Waals surface area contributed by atoms with Crippen molar-refractivity contribution in [3.63, 3.8) is 0 Å². The molecular formula is C12H16N2O4S. The van der Waals surface area contributed by atoms with E-state index in [2.05, 4.69) is 9.71 Å². The number of unbranched alkanes of at least 4 members (excludes halogenated alkanes) is 1. The van der Waals surface area contributed by atoms with Crippen molar-refractivity contribution >= 4 is 27.9 Å². The fraction of sp³-hybridized carbons (Fsp3) is 0.333. The molecule has 19 heavy (non-hydrogen) atoms. The van der Waals surface area contributed by atoms with E-state index in [0.717, 1.165) is 12.5 Å². The molecule has 0 amide bonds. The number of nitrogens with one attached hydrogen (secondary N) is 1. The number of carboxylic acid groups (broad SMARTS) is 1. The van der Waals surface area contributed by atoms with Gasteiger partial charge in [0.05, 0.1) is 5.75 Å². The lowest BCUT2D eigenvalue weighted by Crippen LogP contribution is -2.17. The Kier molecular flexibility index (Phi) is 5.50. The number of nitrogens with zero attached hydrogens (tertiary/aromatic N) is 1. The molecule has 1 heterocycles. The third kappa shape index (κ3) is 6.01. The van der Waals surface area contributed by atoms with Gasteiger partial charge in [-0.3, -0.25) is 4.72 Å². The molecule has 1 aromatic rings. The van der Waals surface area contributed by atoms with Gasteiger partial charge in [-0.05, 0) is 30.2 Å². The predicted octanol–water partition coefficient (Wildman–Crippen LogP) is 1.72. The molecule has 2 N–H and O–H groups in total. The Morgan fingerprint density at radius 3 is 2.89 bits per heavy atom. The van der Waals surface area contributed by atoms with Crippen molar-refractivity contribution in [1.29, 1.82) is 0 Å². The number of aromatic nitrogens is 1. The quantitative estimate of drug-likeness (QED) is 0.743. The second-order valence-electron chi connectivity index (χ2n) is 3.92. The lowest BCUT2D eigenvalue weighted by Gasteiger charge is -2.06. The van der Waals surface area contributed by atoms with Crippen molar-refractivity contribution in [2.45, 2.75) is 19.8 Å². The number of pyridine rings is 1. The highest BCUT2D eigenvalue weighted by molar-refractivity contribution is 7.92. The second-order valence-corrected chi connectivity index (χ2v) is 5.76. The molecule has 1 aromatic heterocycles. The van der Waals surface area contributed by atoms with Gasteiger partial charge in [-0.2, -0.15) is 0 Å². The summed E-state index contributed by atoms with van der Waals surface area (Å²) in [7, 11) is -3.40. The third-order valence-electron chi connectivity index (χ3n) is 2.23. The molecule has 0 saturated heterocycles. The lowest BCUT2D eigenvalue weighted by atomic mass is 10.2. The first-order valence-corrected chi connectivity index (χ1v) is 7.46. The maximum Gasteiger partial charge on any atom is 0.328 e. The van der Waals surface area contributed by atoms with Gasteiger partial charge in [-0.1, -0.05) is 13.3 Å². The summed E-state index contributed by atoms with van der Waals surface area (Å²) in [5, 5.41) is 8.51. The highest BCUT2D eigenvalue weighted by Gasteiger charge is 2.10. The number of aliphatic carboxylic acids is 1. The van der Waals surface area contributed by atoms with Crippen molar-refractivity contribution in [2.24, 2.45) is 0 Å². The zero-order valence-electron chi connectivity index (χ0n) is 10.5. The lowest BCUT2D eigenvalue weighted by molar-refractivity contribution is -0.131. The van der Waals surface area contributed by atoms with Crippen LogP contribution in [0.5, 0.6) is 0 Å². The Hall–Kier alpha value is -1.89. The minimum atomic E-state index is -3.40. The molecule has 0 spiro atoms. The smallest absolute Gasteiger partial charge is 0.328 e. The summed E-state index contributed by atoms with van der Waals surface area (Å²) in [6, 6.07) is 3.06. The number of hydrogen-bond acceptors (Lipinski definition) is 4. The van der Waals surface area contributed by atoms with Crippen LogP contribution in [0.4, 0.5) is 5.82 Å². The van der Waals surface area contributed by atoms with Crippen LogP contribution >= 0.6 is 0 Å². The molecule has 0 fully saturated rings. The van der Waals surface area contributed by atoms with Gasteiger partial charge in [0.1, 0.15) is 5.82 Å². The zero-order chi connectivity index (χ0) is 14.3. The highest BCUT2D eigenvalue weighted by atomic mass is 32.2. The van der Waals surface area contributed by atoms with E-state index in [9.17, 15) is 13.2 Å². The summed E-state index contributed by atoms with van der Waals surface area (Å²) >= 11 is 0. The van der Waals surface area contributed by atoms with Gasteiger partial charge in [0.2, 0.25) is 10.0 Å². The number of hydrogen-bond donors (Lipinski definition) is 2. The van der Waals surface area contributed by atoms with Crippen LogP contribution in [0.15, 0.2) is 24.4 Å². The van der Waals surface area contributed by atoms with Gasteiger partial charge in [-0.15, -0.1) is 0 Å². The van der Waals surface area contributed by atoms with Gasteiger partial charge >= 0.3 is 5.97 Å². The van der Waals surface area contributed by atoms with Gasteiger partial charge < -0.3 is 5.11 Å². The Morgan fingerprint density at radius 2 is 2.26 bits per heavy atom. The Balaban J connectivity index is 2.80. The van der Waals surface area contributed by atoms with Crippen LogP contribution in [-0.4, -0.2) is 30.2 Å². The molecule has 0 radical (unpaired) electrons. The molecule has 0 saturated carbocycles. The van der Waals surface area contributed by atoms with Crippen LogP contribution in [0.2, 0.25) is 0 Å². The summed E-state index contributed by atoms with van der Waals surface area (Å²) < 4.78 is 25.7. The number of sulfonamides is 1. The molecule has 0 aliphatic rings. The molecule has 1 rings (SSSR count). The van der Waals surface area contributed by atoms with Crippen LogP contribution in [0.3, 0.4) is 0 Å². The topological polar surface area (TPSA) is 96.4 Å². The fourth-order valence-corrected chi connectivity index (χ4v) is 2.52. The van der Waals surface area contributed by atoms with Crippen molar-refractivity contribution in [3.05, 3.63) is 30.0 Å². The molecule has 0 aromatic carbocycles. The van der Waals surface area contributed by atoms with E-state index in [1.165, 1.54) is 18.3 Å². The summed E-state index contributed by atoms with van der Waals surface area (Å²) in [5.41, 5.74) is 0.561. The average molecular weight is 284 g/mol. The standard InChI is InChI=1S/C12H16N2O4S/c1-2-3-8-19(17,18)14-11-9-10(6-7-13-11)4-5-12(15)16/h4-7,9H,2-3,8H2,1H3,(H,13,14)(H,15,16)/b5-4+. The maximum atomic E-state index is 11.7. The minimum absolute atomic E-state index is 0.0420. The second kappa shape index (κ2) is 6.89. The maximum absolute atomic E-state index is 11.7. The largest absolute Gasteiger partial charge is 0.478 e. The molecule has 6 nitrogen and oxygen atoms in total. The Labute approximate surface area is 112 Å². The first-order valence-electron chi connectivity index (χ1n) is 5.80. The normalized spacial score (nSPS) is 11.6. The molecule has 0 aliphatic heterocycles. The molecule has 104 valence electrons. The van der Waals surface area contributed by atoms with E-state index in [1.54, 1.807) is 6.07 Å².